The molecule has 0 aliphatic heterocycles. The number of nitrogens with two attached hydrogens (primary N) is 1. The van der Waals surface area contributed by atoms with Gasteiger partial charge >= 0.3 is 0 Å². The average Bonchev–Trinajstić information content (AvgIpc) is 2.51. The van der Waals surface area contributed by atoms with Crippen molar-refractivity contribution in [3.63, 3.8) is 0 Å². The van der Waals surface area contributed by atoms with Gasteiger partial charge in [0.15, 0.2) is 5.96 Å². The highest BCUT2D eigenvalue weighted by Gasteiger charge is 2.05. The number of nitrogens with zero attached hydrogens (tertiary/aromatic N) is 1. The Bertz CT molecular complexity index is 532. The van der Waals surface area contributed by atoms with Gasteiger partial charge in [0.2, 0.25) is 0 Å². The summed E-state index contributed by atoms with van der Waals surface area (Å²) in [5, 5.41) is 6.02. The molecule has 1 aromatic carbocycles. The molecule has 0 radical (unpaired) electrons. The molecule has 0 heterocycles. The van der Waals surface area contributed by atoms with Crippen molar-refractivity contribution in [2.24, 2.45) is 16.6 Å². The standard InChI is InChI=1S/C18H29BrN4O.BrH/c1-13(2)5-4-6-14(3)23-18(20)22-12-11-21-17(24)15-7-9-16(19)10-8-15;/h7-10,13-14H,4-6,11-12H2,1-3H3,(H,21,24)(H3,20,22,23);1H. The summed E-state index contributed by atoms with van der Waals surface area (Å²) in [5.74, 6) is 1.06. The first-order valence-electron chi connectivity index (χ1n) is 8.48. The van der Waals surface area contributed by atoms with Crippen molar-refractivity contribution in [2.75, 3.05) is 13.1 Å². The molecule has 142 valence electrons. The van der Waals surface area contributed by atoms with Crippen molar-refractivity contribution < 1.29 is 4.79 Å². The monoisotopic (exact) mass is 476 g/mol. The molecule has 25 heavy (non-hydrogen) atoms. The number of nitrogens with one attached hydrogen (secondary N) is 2. The summed E-state index contributed by atoms with van der Waals surface area (Å²) < 4.78 is 0.949. The summed E-state index contributed by atoms with van der Waals surface area (Å²) >= 11 is 3.35. The third kappa shape index (κ3) is 11.2. The van der Waals surface area contributed by atoms with E-state index in [9.17, 15) is 4.79 Å². The van der Waals surface area contributed by atoms with E-state index in [-0.39, 0.29) is 22.9 Å². The summed E-state index contributed by atoms with van der Waals surface area (Å²) in [6.45, 7) is 7.49. The van der Waals surface area contributed by atoms with Crippen LogP contribution in [0.4, 0.5) is 0 Å². The number of carbonyl (C=O) groups is 1. The first-order valence-corrected chi connectivity index (χ1v) is 9.28. The highest BCUT2D eigenvalue weighted by Crippen LogP contribution is 2.10. The van der Waals surface area contributed by atoms with Crippen LogP contribution >= 0.6 is 32.9 Å². The number of hydrogen-bond donors (Lipinski definition) is 3. The van der Waals surface area contributed by atoms with Crippen molar-refractivity contribution in [1.82, 2.24) is 10.6 Å². The van der Waals surface area contributed by atoms with Crippen LogP contribution in [0.5, 0.6) is 0 Å². The largest absolute Gasteiger partial charge is 0.370 e. The fourth-order valence-electron chi connectivity index (χ4n) is 2.25. The lowest BCUT2D eigenvalue weighted by atomic mass is 10.0. The molecule has 1 aromatic rings. The molecule has 0 bridgehead atoms. The van der Waals surface area contributed by atoms with E-state index in [1.807, 2.05) is 12.1 Å². The molecule has 0 spiro atoms. The van der Waals surface area contributed by atoms with E-state index >= 15 is 0 Å². The molecule has 1 rings (SSSR count). The number of carbonyl (C=O) groups excluding carboxylic acids is 1. The quantitative estimate of drug-likeness (QED) is 0.287. The molecule has 0 saturated carbocycles. The van der Waals surface area contributed by atoms with E-state index in [4.69, 9.17) is 5.73 Å². The van der Waals surface area contributed by atoms with Gasteiger partial charge in [0.1, 0.15) is 0 Å². The topological polar surface area (TPSA) is 79.5 Å². The van der Waals surface area contributed by atoms with Gasteiger partial charge < -0.3 is 16.4 Å². The van der Waals surface area contributed by atoms with E-state index in [0.717, 1.165) is 16.8 Å². The molecule has 4 N–H and O–H groups in total. The molecule has 0 aliphatic carbocycles. The van der Waals surface area contributed by atoms with Gasteiger partial charge in [0.05, 0.1) is 6.54 Å². The summed E-state index contributed by atoms with van der Waals surface area (Å²) in [5.41, 5.74) is 6.50. The maximum absolute atomic E-state index is 11.9. The second-order valence-corrected chi connectivity index (χ2v) is 7.32. The maximum Gasteiger partial charge on any atom is 0.251 e. The maximum atomic E-state index is 11.9. The second kappa shape index (κ2) is 13.2. The van der Waals surface area contributed by atoms with Gasteiger partial charge in [-0.25, -0.2) is 0 Å². The van der Waals surface area contributed by atoms with Crippen LogP contribution in [0.3, 0.4) is 0 Å². The molecular weight excluding hydrogens is 448 g/mol. The molecule has 1 atom stereocenters. The zero-order chi connectivity index (χ0) is 17.9. The Kier molecular flexibility index (Phi) is 12.6. The lowest BCUT2D eigenvalue weighted by Gasteiger charge is -2.15. The van der Waals surface area contributed by atoms with Crippen molar-refractivity contribution in [3.8, 4) is 0 Å². The Morgan fingerprint density at radius 3 is 2.44 bits per heavy atom. The average molecular weight is 478 g/mol. The van der Waals surface area contributed by atoms with Gasteiger partial charge in [-0.1, -0.05) is 42.6 Å². The van der Waals surface area contributed by atoms with E-state index in [0.29, 0.717) is 30.7 Å². The first-order chi connectivity index (χ1) is 11.4. The number of rotatable bonds is 9. The molecule has 0 fully saturated rings. The molecule has 5 nitrogen and oxygen atoms in total. The Morgan fingerprint density at radius 1 is 1.20 bits per heavy atom. The third-order valence-corrected chi connectivity index (χ3v) is 4.13. The number of aliphatic imine (C=N–C) groups is 1. The van der Waals surface area contributed by atoms with Crippen LogP contribution in [0.1, 0.15) is 50.4 Å². The van der Waals surface area contributed by atoms with Crippen molar-refractivity contribution in [3.05, 3.63) is 34.3 Å². The lowest BCUT2D eigenvalue weighted by Crippen LogP contribution is -2.39. The Labute approximate surface area is 170 Å². The van der Waals surface area contributed by atoms with Gasteiger partial charge in [-0.3, -0.25) is 9.79 Å². The third-order valence-electron chi connectivity index (χ3n) is 3.60. The highest BCUT2D eigenvalue weighted by atomic mass is 79.9. The summed E-state index contributed by atoms with van der Waals surface area (Å²) in [6, 6.07) is 7.55. The van der Waals surface area contributed by atoms with Crippen LogP contribution in [0, 0.1) is 5.92 Å². The molecule has 0 saturated heterocycles. The van der Waals surface area contributed by atoms with Crippen LogP contribution in [0.25, 0.3) is 0 Å². The van der Waals surface area contributed by atoms with Crippen LogP contribution < -0.4 is 16.4 Å². The molecule has 7 heteroatoms. The fourth-order valence-corrected chi connectivity index (χ4v) is 2.52. The van der Waals surface area contributed by atoms with E-state index in [1.165, 1.54) is 12.8 Å². The smallest absolute Gasteiger partial charge is 0.251 e. The van der Waals surface area contributed by atoms with Gasteiger partial charge in [-0.15, -0.1) is 17.0 Å². The van der Waals surface area contributed by atoms with Crippen LogP contribution in [-0.4, -0.2) is 31.0 Å². The lowest BCUT2D eigenvalue weighted by molar-refractivity contribution is 0.0955. The fraction of sp³-hybridized carbons (Fsp3) is 0.556. The zero-order valence-corrected chi connectivity index (χ0v) is 18.5. The second-order valence-electron chi connectivity index (χ2n) is 6.40. The summed E-state index contributed by atoms with van der Waals surface area (Å²) in [7, 11) is 0. The predicted octanol–water partition coefficient (Wildman–Crippen LogP) is 3.88. The Hall–Kier alpha value is -1.08. The molecule has 1 unspecified atom stereocenters. The number of guanidine groups is 1. The van der Waals surface area contributed by atoms with Crippen molar-refractivity contribution in [2.45, 2.75) is 46.1 Å². The number of halogens is 2. The van der Waals surface area contributed by atoms with Crippen LogP contribution in [0.2, 0.25) is 0 Å². The Morgan fingerprint density at radius 2 is 1.84 bits per heavy atom. The number of amides is 1. The van der Waals surface area contributed by atoms with Crippen LogP contribution in [-0.2, 0) is 0 Å². The SMILES string of the molecule is Br.CC(C)CCCC(C)NC(N)=NCCNC(=O)c1ccc(Br)cc1. The Balaban J connectivity index is 0.00000576. The minimum Gasteiger partial charge on any atom is -0.370 e. The van der Waals surface area contributed by atoms with Crippen molar-refractivity contribution >= 4 is 44.8 Å². The number of benzene rings is 1. The van der Waals surface area contributed by atoms with Gasteiger partial charge in [-0.2, -0.15) is 0 Å². The number of hydrogen-bond acceptors (Lipinski definition) is 2. The van der Waals surface area contributed by atoms with E-state index in [2.05, 4.69) is 52.3 Å². The van der Waals surface area contributed by atoms with Gasteiger partial charge in [0.25, 0.3) is 5.91 Å². The molecule has 1 amide bonds. The molecular formula is C18H30Br2N4O. The van der Waals surface area contributed by atoms with Gasteiger partial charge in [0, 0.05) is 22.6 Å². The highest BCUT2D eigenvalue weighted by molar-refractivity contribution is 9.10. The van der Waals surface area contributed by atoms with E-state index < -0.39 is 0 Å². The van der Waals surface area contributed by atoms with Crippen molar-refractivity contribution in [1.29, 1.82) is 0 Å². The summed E-state index contributed by atoms with van der Waals surface area (Å²) in [6.07, 6.45) is 3.49. The minimum atomic E-state index is -0.105. The zero-order valence-electron chi connectivity index (χ0n) is 15.2. The molecule has 0 aromatic heterocycles. The summed E-state index contributed by atoms with van der Waals surface area (Å²) in [4.78, 5) is 16.2. The first kappa shape index (κ1) is 23.9. The van der Waals surface area contributed by atoms with E-state index in [1.54, 1.807) is 12.1 Å². The predicted molar refractivity (Wildman–Crippen MR) is 115 cm³/mol. The van der Waals surface area contributed by atoms with Gasteiger partial charge in [-0.05, 0) is 43.5 Å². The van der Waals surface area contributed by atoms with Crippen LogP contribution in [0.15, 0.2) is 33.7 Å². The normalized spacial score (nSPS) is 12.4. The molecule has 0 aliphatic rings. The minimum absolute atomic E-state index is 0.